The molecule has 6 rings (SSSR count). The van der Waals surface area contributed by atoms with Crippen LogP contribution in [0.25, 0.3) is 22.3 Å². The fourth-order valence-electron chi connectivity index (χ4n) is 5.49. The molecule has 1 aromatic carbocycles. The van der Waals surface area contributed by atoms with Crippen LogP contribution in [0.15, 0.2) is 16.9 Å². The molecular weight excluding hydrogens is 445 g/mol. The van der Waals surface area contributed by atoms with Gasteiger partial charge in [-0.15, -0.1) is 0 Å². The van der Waals surface area contributed by atoms with E-state index in [1.54, 1.807) is 13.0 Å². The van der Waals surface area contributed by atoms with Gasteiger partial charge in [-0.3, -0.25) is 9.59 Å². The molecule has 0 radical (unpaired) electrons. The summed E-state index contributed by atoms with van der Waals surface area (Å²) in [6.45, 7) is 0.979. The topological polar surface area (TPSA) is 131 Å². The maximum Gasteiger partial charge on any atom is 0.340 e. The number of carbonyl (C=O) groups is 2. The Morgan fingerprint density at radius 1 is 1.29 bits per heavy atom. The number of hydrogen-bond donors (Lipinski definition) is 3. The molecule has 0 fully saturated rings. The number of ether oxygens (including phenoxy) is 1. The second-order valence-corrected chi connectivity index (χ2v) is 8.89. The van der Waals surface area contributed by atoms with E-state index in [1.807, 2.05) is 0 Å². The number of nitrogens with zero attached hydrogens (tertiary/aromatic N) is 2. The Kier molecular flexibility index (Phi) is 4.42. The molecule has 1 aliphatic carbocycles. The van der Waals surface area contributed by atoms with Crippen LogP contribution in [0.2, 0.25) is 0 Å². The zero-order valence-corrected chi connectivity index (χ0v) is 18.1. The molecule has 1 amide bonds. The number of carbonyl (C=O) groups excluding carboxylic acids is 2. The largest absolute Gasteiger partial charge is 0.458 e. The van der Waals surface area contributed by atoms with Crippen molar-refractivity contribution in [1.82, 2.24) is 14.9 Å². The highest BCUT2D eigenvalue weighted by molar-refractivity contribution is 5.93. The quantitative estimate of drug-likeness (QED) is 0.377. The number of hydrogen-bond acceptors (Lipinski definition) is 7. The van der Waals surface area contributed by atoms with E-state index in [9.17, 15) is 29.0 Å². The minimum Gasteiger partial charge on any atom is -0.458 e. The lowest BCUT2D eigenvalue weighted by Gasteiger charge is -2.29. The Morgan fingerprint density at radius 3 is 2.85 bits per heavy atom. The lowest BCUT2D eigenvalue weighted by atomic mass is 9.81. The second kappa shape index (κ2) is 7.18. The zero-order chi connectivity index (χ0) is 23.9. The fraction of sp³-hybridized carbons (Fsp3) is 0.333. The summed E-state index contributed by atoms with van der Waals surface area (Å²) >= 11 is 0. The van der Waals surface area contributed by atoms with Gasteiger partial charge >= 0.3 is 5.97 Å². The van der Waals surface area contributed by atoms with E-state index in [4.69, 9.17) is 9.72 Å². The van der Waals surface area contributed by atoms with E-state index >= 15 is 0 Å². The standard InChI is InChI=1S/C24H20FN3O6/c1-9-10-2-3-15(26-18(30)7-29)20-12-6-28-17(21(12)27-16(19(10)20)5-14(9)25)4-11-13(23(28)32)8-34-24(33)22(11)31/h4-5,15,22,29,31H,2-3,6-8H2,1H3,(H,26,30). The molecule has 174 valence electrons. The number of aliphatic hydroxyl groups excluding tert-OH is 2. The SMILES string of the molecule is Cc1c(F)cc2nc3c(c4c2c1CCC4NC(=O)CO)Cn1c-3cc2c(c1=O)COC(=O)C2O. The van der Waals surface area contributed by atoms with Gasteiger partial charge in [0, 0.05) is 22.6 Å². The molecule has 0 saturated carbocycles. The predicted molar refractivity (Wildman–Crippen MR) is 116 cm³/mol. The third-order valence-corrected chi connectivity index (χ3v) is 7.13. The van der Waals surface area contributed by atoms with Crippen molar-refractivity contribution in [3.63, 3.8) is 0 Å². The number of pyridine rings is 2. The molecule has 0 spiro atoms. The fourth-order valence-corrected chi connectivity index (χ4v) is 5.49. The van der Waals surface area contributed by atoms with Crippen LogP contribution < -0.4 is 10.9 Å². The monoisotopic (exact) mass is 465 g/mol. The van der Waals surface area contributed by atoms with Crippen LogP contribution >= 0.6 is 0 Å². The molecule has 3 aliphatic rings. The molecule has 9 nitrogen and oxygen atoms in total. The summed E-state index contributed by atoms with van der Waals surface area (Å²) in [5.41, 5.74) is 4.02. The van der Waals surface area contributed by atoms with Crippen molar-refractivity contribution in [2.75, 3.05) is 6.61 Å². The summed E-state index contributed by atoms with van der Waals surface area (Å²) in [4.78, 5) is 42.0. The first kappa shape index (κ1) is 20.9. The maximum absolute atomic E-state index is 14.8. The molecule has 4 heterocycles. The average molecular weight is 465 g/mol. The van der Waals surface area contributed by atoms with Crippen molar-refractivity contribution < 1.29 is 28.9 Å². The predicted octanol–water partition coefficient (Wildman–Crippen LogP) is 1.06. The second-order valence-electron chi connectivity index (χ2n) is 8.89. The van der Waals surface area contributed by atoms with E-state index in [0.29, 0.717) is 40.9 Å². The Bertz CT molecular complexity index is 1510. The smallest absolute Gasteiger partial charge is 0.340 e. The summed E-state index contributed by atoms with van der Waals surface area (Å²) in [6, 6.07) is 2.46. The first-order valence-corrected chi connectivity index (χ1v) is 11.0. The number of nitrogens with one attached hydrogen (secondary N) is 1. The van der Waals surface area contributed by atoms with Gasteiger partial charge in [0.1, 0.15) is 19.0 Å². The van der Waals surface area contributed by atoms with Crippen molar-refractivity contribution in [3.05, 3.63) is 61.7 Å². The van der Waals surface area contributed by atoms with E-state index in [1.165, 1.54) is 10.6 Å². The Labute approximate surface area is 191 Å². The van der Waals surface area contributed by atoms with Gasteiger partial charge < -0.3 is 24.8 Å². The number of amides is 1. The lowest BCUT2D eigenvalue weighted by molar-refractivity contribution is -0.157. The number of aryl methyl sites for hydroxylation is 1. The van der Waals surface area contributed by atoms with Gasteiger partial charge in [0.25, 0.3) is 5.56 Å². The van der Waals surface area contributed by atoms with Gasteiger partial charge in [0.05, 0.1) is 35.1 Å². The normalized spacial score (nSPS) is 19.9. The van der Waals surface area contributed by atoms with Gasteiger partial charge in [-0.1, -0.05) is 0 Å². The molecule has 2 unspecified atom stereocenters. The van der Waals surface area contributed by atoms with Crippen LogP contribution in [0.3, 0.4) is 0 Å². The highest BCUT2D eigenvalue weighted by Crippen LogP contribution is 2.45. The van der Waals surface area contributed by atoms with Crippen molar-refractivity contribution in [3.8, 4) is 11.4 Å². The molecule has 2 atom stereocenters. The van der Waals surface area contributed by atoms with Gasteiger partial charge in [-0.25, -0.2) is 14.2 Å². The maximum atomic E-state index is 14.8. The number of aliphatic hydroxyl groups is 2. The first-order valence-electron chi connectivity index (χ1n) is 11.0. The van der Waals surface area contributed by atoms with Crippen LogP contribution in [0.1, 0.15) is 51.9 Å². The number of cyclic esters (lactones) is 1. The van der Waals surface area contributed by atoms with Gasteiger partial charge in [-0.2, -0.15) is 0 Å². The molecule has 10 heteroatoms. The summed E-state index contributed by atoms with van der Waals surface area (Å²) in [5.74, 6) is -1.75. The van der Waals surface area contributed by atoms with E-state index in [2.05, 4.69) is 5.32 Å². The van der Waals surface area contributed by atoms with E-state index in [-0.39, 0.29) is 24.3 Å². The number of rotatable bonds is 2. The van der Waals surface area contributed by atoms with Crippen molar-refractivity contribution in [2.45, 2.75) is 45.1 Å². The molecule has 34 heavy (non-hydrogen) atoms. The number of fused-ring (bicyclic) bond motifs is 5. The molecule has 3 aromatic rings. The molecular formula is C24H20FN3O6. The molecule has 2 aliphatic heterocycles. The number of benzene rings is 1. The van der Waals surface area contributed by atoms with Crippen LogP contribution in [0, 0.1) is 12.7 Å². The minimum absolute atomic E-state index is 0.167. The average Bonchev–Trinajstić information content (AvgIpc) is 3.19. The van der Waals surface area contributed by atoms with Crippen LogP contribution in [0.4, 0.5) is 4.39 Å². The van der Waals surface area contributed by atoms with Crippen molar-refractivity contribution >= 4 is 22.8 Å². The number of halogens is 1. The van der Waals surface area contributed by atoms with E-state index in [0.717, 1.165) is 16.5 Å². The molecule has 0 bridgehead atoms. The summed E-state index contributed by atoms with van der Waals surface area (Å²) in [7, 11) is 0. The van der Waals surface area contributed by atoms with Crippen LogP contribution in [0.5, 0.6) is 0 Å². The van der Waals surface area contributed by atoms with Crippen molar-refractivity contribution in [2.24, 2.45) is 0 Å². The summed E-state index contributed by atoms with van der Waals surface area (Å²) in [6.07, 6.45) is -0.553. The minimum atomic E-state index is -1.58. The Balaban J connectivity index is 1.66. The third-order valence-electron chi connectivity index (χ3n) is 7.13. The lowest BCUT2D eigenvalue weighted by Crippen LogP contribution is -2.34. The molecule has 0 saturated heterocycles. The van der Waals surface area contributed by atoms with Gasteiger partial charge in [0.2, 0.25) is 5.91 Å². The first-order chi connectivity index (χ1) is 16.3. The van der Waals surface area contributed by atoms with Crippen molar-refractivity contribution in [1.29, 1.82) is 0 Å². The summed E-state index contributed by atoms with van der Waals surface area (Å²) < 4.78 is 21.2. The van der Waals surface area contributed by atoms with E-state index < -0.39 is 42.0 Å². The highest BCUT2D eigenvalue weighted by atomic mass is 19.1. The van der Waals surface area contributed by atoms with Gasteiger partial charge in [-0.05, 0) is 42.5 Å². The summed E-state index contributed by atoms with van der Waals surface area (Å²) in [5, 5.41) is 23.2. The number of aromatic nitrogens is 2. The third kappa shape index (κ3) is 2.72. The van der Waals surface area contributed by atoms with Crippen LogP contribution in [-0.2, 0) is 33.9 Å². The van der Waals surface area contributed by atoms with Gasteiger partial charge in [0.15, 0.2) is 6.10 Å². The van der Waals surface area contributed by atoms with Crippen LogP contribution in [-0.4, -0.2) is 38.2 Å². The highest BCUT2D eigenvalue weighted by Gasteiger charge is 2.37. The molecule has 2 aromatic heterocycles. The number of esters is 1. The zero-order valence-electron chi connectivity index (χ0n) is 18.1. The Morgan fingerprint density at radius 2 is 2.09 bits per heavy atom. The Hall–Kier alpha value is -3.63. The molecule has 3 N–H and O–H groups in total.